The van der Waals surface area contributed by atoms with Crippen molar-refractivity contribution in [1.82, 2.24) is 0 Å². The van der Waals surface area contributed by atoms with Crippen LogP contribution in [0.1, 0.15) is 0 Å². The summed E-state index contributed by atoms with van der Waals surface area (Å²) >= 11 is -1.83. The second-order valence-corrected chi connectivity index (χ2v) is 2.88. The summed E-state index contributed by atoms with van der Waals surface area (Å²) in [5.41, 5.74) is 0. The zero-order valence-electron chi connectivity index (χ0n) is 6.57. The molecule has 1 atom stereocenters. The number of hydrogen-bond acceptors (Lipinski definition) is 4. The van der Waals surface area contributed by atoms with Gasteiger partial charge in [0, 0.05) is 0 Å². The molecule has 0 aliphatic rings. The van der Waals surface area contributed by atoms with Crippen LogP contribution in [0.15, 0.2) is 35.2 Å². The molecule has 13 heavy (non-hydrogen) atoms. The van der Waals surface area contributed by atoms with E-state index in [1.165, 1.54) is 0 Å². The molecular formula is C6H9BO5S. The molecule has 0 amide bonds. The Morgan fingerprint density at radius 2 is 1.46 bits per heavy atom. The van der Waals surface area contributed by atoms with Gasteiger partial charge in [0.25, 0.3) is 0 Å². The fourth-order valence-corrected chi connectivity index (χ4v) is 0.927. The van der Waals surface area contributed by atoms with Gasteiger partial charge in [-0.05, 0) is 12.1 Å². The maximum atomic E-state index is 10.3. The summed E-state index contributed by atoms with van der Waals surface area (Å²) in [5.74, 6) is 0. The normalized spacial score (nSPS) is 11.1. The highest BCUT2D eigenvalue weighted by Crippen LogP contribution is 2.00. The summed E-state index contributed by atoms with van der Waals surface area (Å²) in [6.45, 7) is 0. The quantitative estimate of drug-likeness (QED) is 0.355. The van der Waals surface area contributed by atoms with E-state index in [1.807, 2.05) is 0 Å². The van der Waals surface area contributed by atoms with E-state index >= 15 is 0 Å². The average molecular weight is 204 g/mol. The van der Waals surface area contributed by atoms with E-state index in [-0.39, 0.29) is 0 Å². The van der Waals surface area contributed by atoms with E-state index in [2.05, 4.69) is 0 Å². The van der Waals surface area contributed by atoms with Crippen molar-refractivity contribution in [3.8, 4) is 0 Å². The van der Waals surface area contributed by atoms with Gasteiger partial charge in [0.05, 0.1) is 4.90 Å². The van der Waals surface area contributed by atoms with Crippen LogP contribution in [-0.2, 0) is 11.1 Å². The van der Waals surface area contributed by atoms with Crippen molar-refractivity contribution in [2.45, 2.75) is 4.90 Å². The molecule has 1 unspecified atom stereocenters. The number of hydrogen-bond donors (Lipinski definition) is 4. The lowest BCUT2D eigenvalue weighted by molar-refractivity contribution is 0.278. The van der Waals surface area contributed by atoms with Gasteiger partial charge in [0.2, 0.25) is 0 Å². The summed E-state index contributed by atoms with van der Waals surface area (Å²) in [6.07, 6.45) is 0. The van der Waals surface area contributed by atoms with Crippen molar-refractivity contribution >= 4 is 18.4 Å². The Morgan fingerprint density at radius 3 is 1.69 bits per heavy atom. The molecule has 0 fully saturated rings. The number of rotatable bonds is 1. The van der Waals surface area contributed by atoms with Crippen LogP contribution < -0.4 is 0 Å². The van der Waals surface area contributed by atoms with Crippen LogP contribution in [0.25, 0.3) is 0 Å². The molecule has 1 aromatic rings. The van der Waals surface area contributed by atoms with Crippen LogP contribution >= 0.6 is 0 Å². The molecule has 1 rings (SSSR count). The monoisotopic (exact) mass is 204 g/mol. The van der Waals surface area contributed by atoms with Crippen molar-refractivity contribution in [3.05, 3.63) is 30.3 Å². The molecule has 72 valence electrons. The predicted molar refractivity (Wildman–Crippen MR) is 47.9 cm³/mol. The Hall–Kier alpha value is -0.725. The minimum Gasteiger partial charge on any atom is -0.402 e. The van der Waals surface area contributed by atoms with Crippen LogP contribution in [0.4, 0.5) is 0 Å². The van der Waals surface area contributed by atoms with Crippen LogP contribution in [-0.4, -0.2) is 31.2 Å². The fourth-order valence-electron chi connectivity index (χ4n) is 0.537. The molecule has 5 nitrogen and oxygen atoms in total. The Bertz CT molecular complexity index is 250. The predicted octanol–water partition coefficient (Wildman–Crippen LogP) is -0.785. The first-order valence-corrected chi connectivity index (χ1v) is 4.35. The summed E-state index contributed by atoms with van der Waals surface area (Å²) in [6, 6.07) is 8.47. The smallest absolute Gasteiger partial charge is 0.402 e. The van der Waals surface area contributed by atoms with Crippen LogP contribution in [0.3, 0.4) is 0 Å². The molecule has 0 heterocycles. The van der Waals surface area contributed by atoms with Gasteiger partial charge in [-0.2, -0.15) is 0 Å². The van der Waals surface area contributed by atoms with Crippen LogP contribution in [0, 0.1) is 0 Å². The Labute approximate surface area is 78.1 Å². The lowest BCUT2D eigenvalue weighted by Gasteiger charge is -1.89. The topological polar surface area (TPSA) is 98.0 Å². The van der Waals surface area contributed by atoms with Crippen molar-refractivity contribution < 1.29 is 23.8 Å². The van der Waals surface area contributed by atoms with Crippen molar-refractivity contribution in [3.63, 3.8) is 0 Å². The van der Waals surface area contributed by atoms with Crippen molar-refractivity contribution in [2.75, 3.05) is 0 Å². The standard InChI is InChI=1S/C6H6O2S.BH3O3/c7-9(8)6-4-2-1-3-5-6;2-1(3)4/h1-5H,(H,7,8);2-4H. The molecule has 0 saturated heterocycles. The van der Waals surface area contributed by atoms with E-state index in [0.717, 1.165) is 0 Å². The van der Waals surface area contributed by atoms with Crippen LogP contribution in [0.2, 0.25) is 0 Å². The number of benzene rings is 1. The van der Waals surface area contributed by atoms with Gasteiger partial charge in [0.15, 0.2) is 11.1 Å². The van der Waals surface area contributed by atoms with Gasteiger partial charge in [-0.1, -0.05) is 18.2 Å². The van der Waals surface area contributed by atoms with Gasteiger partial charge >= 0.3 is 7.32 Å². The average Bonchev–Trinajstić information content (AvgIpc) is 2.05. The van der Waals surface area contributed by atoms with Crippen LogP contribution in [0.5, 0.6) is 0 Å². The molecule has 0 saturated carbocycles. The third-order valence-electron chi connectivity index (χ3n) is 0.945. The second-order valence-electron chi connectivity index (χ2n) is 1.91. The molecular weight excluding hydrogens is 195 g/mol. The molecule has 0 aliphatic heterocycles. The largest absolute Gasteiger partial charge is 0.631 e. The maximum absolute atomic E-state index is 10.3. The Kier molecular flexibility index (Phi) is 6.38. The third-order valence-corrected chi connectivity index (χ3v) is 1.62. The fraction of sp³-hybridized carbons (Fsp3) is 0. The zero-order valence-corrected chi connectivity index (χ0v) is 7.39. The molecule has 0 aliphatic carbocycles. The molecule has 7 heteroatoms. The van der Waals surface area contributed by atoms with Gasteiger partial charge < -0.3 is 19.6 Å². The molecule has 0 aromatic heterocycles. The van der Waals surface area contributed by atoms with Crippen molar-refractivity contribution in [1.29, 1.82) is 0 Å². The highest BCUT2D eigenvalue weighted by Gasteiger charge is 1.93. The lowest BCUT2D eigenvalue weighted by atomic mass is 10.3. The van der Waals surface area contributed by atoms with E-state index in [0.29, 0.717) is 4.90 Å². The first kappa shape index (κ1) is 12.3. The van der Waals surface area contributed by atoms with Crippen molar-refractivity contribution in [2.24, 2.45) is 0 Å². The highest BCUT2D eigenvalue weighted by molar-refractivity contribution is 7.79. The molecule has 1 aromatic carbocycles. The minimum absolute atomic E-state index is 0.442. The Balaban J connectivity index is 0.000000310. The minimum atomic E-state index is -2.17. The molecule has 0 spiro atoms. The summed E-state index contributed by atoms with van der Waals surface area (Å²) in [5, 5.41) is 21.5. The van der Waals surface area contributed by atoms with E-state index in [9.17, 15) is 4.21 Å². The SMILES string of the molecule is O=S(O)c1ccccc1.OB(O)O. The summed E-state index contributed by atoms with van der Waals surface area (Å²) in [4.78, 5) is 0.442. The maximum Gasteiger partial charge on any atom is 0.631 e. The van der Waals surface area contributed by atoms with E-state index < -0.39 is 18.4 Å². The highest BCUT2D eigenvalue weighted by atomic mass is 32.2. The van der Waals surface area contributed by atoms with Gasteiger partial charge in [-0.25, -0.2) is 4.21 Å². The Morgan fingerprint density at radius 1 is 1.08 bits per heavy atom. The first-order valence-electron chi connectivity index (χ1n) is 3.24. The third kappa shape index (κ3) is 7.63. The van der Waals surface area contributed by atoms with E-state index in [4.69, 9.17) is 19.6 Å². The second kappa shape index (κ2) is 6.75. The summed E-state index contributed by atoms with van der Waals surface area (Å²) in [7, 11) is -2.17. The van der Waals surface area contributed by atoms with E-state index in [1.54, 1.807) is 30.3 Å². The van der Waals surface area contributed by atoms with Gasteiger partial charge in [0.1, 0.15) is 0 Å². The zero-order chi connectivity index (χ0) is 10.3. The molecule has 4 N–H and O–H groups in total. The summed E-state index contributed by atoms with van der Waals surface area (Å²) < 4.78 is 18.8. The first-order chi connectivity index (χ1) is 6.04. The van der Waals surface area contributed by atoms with Gasteiger partial charge in [-0.15, -0.1) is 0 Å². The molecule has 0 bridgehead atoms. The molecule has 0 radical (unpaired) electrons. The lowest BCUT2D eigenvalue weighted by Crippen LogP contribution is -2.07. The van der Waals surface area contributed by atoms with Gasteiger partial charge in [-0.3, -0.25) is 0 Å².